The summed E-state index contributed by atoms with van der Waals surface area (Å²) in [5, 5.41) is 0. The van der Waals surface area contributed by atoms with E-state index in [0.29, 0.717) is 11.4 Å². The van der Waals surface area contributed by atoms with Gasteiger partial charge in [0, 0.05) is 18.5 Å². The van der Waals surface area contributed by atoms with E-state index in [-0.39, 0.29) is 5.56 Å². The van der Waals surface area contributed by atoms with Gasteiger partial charge in [-0.1, -0.05) is 0 Å². The van der Waals surface area contributed by atoms with Crippen molar-refractivity contribution in [3.63, 3.8) is 0 Å². The SMILES string of the molecule is O=c1ccc2nccncc-2n1. The minimum Gasteiger partial charge on any atom is -0.267 e. The Bertz CT molecular complexity index is 429. The van der Waals surface area contributed by atoms with Crippen LogP contribution in [-0.2, 0) is 0 Å². The van der Waals surface area contributed by atoms with Crippen molar-refractivity contribution in [1.82, 2.24) is 15.0 Å². The minimum absolute atomic E-state index is 0.266. The number of fused-ring (bicyclic) bond motifs is 1. The maximum atomic E-state index is 10.8. The highest BCUT2D eigenvalue weighted by Crippen LogP contribution is 2.08. The maximum Gasteiger partial charge on any atom is 0.270 e. The van der Waals surface area contributed by atoms with Gasteiger partial charge in [-0.2, -0.15) is 0 Å². The van der Waals surface area contributed by atoms with Crippen molar-refractivity contribution >= 4 is 0 Å². The maximum absolute atomic E-state index is 10.8. The topological polar surface area (TPSA) is 55.7 Å². The summed E-state index contributed by atoms with van der Waals surface area (Å²) in [6.45, 7) is 0. The molecule has 0 saturated carbocycles. The molecule has 4 heteroatoms. The third kappa shape index (κ3) is 1.14. The molecule has 2 rings (SSSR count). The predicted octanol–water partition coefficient (Wildman–Crippen LogP) is 0.337. The van der Waals surface area contributed by atoms with Crippen molar-refractivity contribution in [1.29, 1.82) is 0 Å². The van der Waals surface area contributed by atoms with Crippen molar-refractivity contribution in [3.8, 4) is 11.4 Å². The van der Waals surface area contributed by atoms with Crippen LogP contribution >= 0.6 is 0 Å². The van der Waals surface area contributed by atoms with Crippen molar-refractivity contribution in [2.75, 3.05) is 0 Å². The molecule has 4 nitrogen and oxygen atoms in total. The summed E-state index contributed by atoms with van der Waals surface area (Å²) in [4.78, 5) is 22.4. The van der Waals surface area contributed by atoms with E-state index in [4.69, 9.17) is 0 Å². The van der Waals surface area contributed by atoms with Crippen LogP contribution in [0.3, 0.4) is 0 Å². The Morgan fingerprint density at radius 1 is 1.08 bits per heavy atom. The molecule has 0 spiro atoms. The van der Waals surface area contributed by atoms with Crippen LogP contribution in [0.4, 0.5) is 0 Å². The fourth-order valence-electron chi connectivity index (χ4n) is 0.919. The number of rotatable bonds is 0. The van der Waals surface area contributed by atoms with Crippen LogP contribution in [0.1, 0.15) is 0 Å². The minimum atomic E-state index is -0.266. The van der Waals surface area contributed by atoms with Crippen LogP contribution < -0.4 is 5.56 Å². The highest BCUT2D eigenvalue weighted by molar-refractivity contribution is 5.51. The Morgan fingerprint density at radius 3 is 2.92 bits per heavy atom. The lowest BCUT2D eigenvalue weighted by atomic mass is 10.3. The zero-order valence-electron chi connectivity index (χ0n) is 6.14. The van der Waals surface area contributed by atoms with Crippen molar-refractivity contribution in [2.45, 2.75) is 0 Å². The monoisotopic (exact) mass is 159 g/mol. The normalized spacial score (nSPS) is 10.0. The van der Waals surface area contributed by atoms with Gasteiger partial charge in [-0.15, -0.1) is 0 Å². The molecule has 2 aliphatic heterocycles. The van der Waals surface area contributed by atoms with Crippen LogP contribution in [-0.4, -0.2) is 15.0 Å². The average molecular weight is 159 g/mol. The van der Waals surface area contributed by atoms with E-state index < -0.39 is 0 Å². The molecule has 0 saturated heterocycles. The van der Waals surface area contributed by atoms with E-state index in [1.165, 1.54) is 12.3 Å². The molecule has 0 aromatic rings. The van der Waals surface area contributed by atoms with Gasteiger partial charge in [0.1, 0.15) is 5.69 Å². The van der Waals surface area contributed by atoms with E-state index in [1.54, 1.807) is 18.5 Å². The van der Waals surface area contributed by atoms with E-state index in [0.717, 1.165) is 0 Å². The fourth-order valence-corrected chi connectivity index (χ4v) is 0.919. The van der Waals surface area contributed by atoms with E-state index in [2.05, 4.69) is 15.0 Å². The van der Waals surface area contributed by atoms with Gasteiger partial charge >= 0.3 is 0 Å². The van der Waals surface area contributed by atoms with Gasteiger partial charge in [0.05, 0.1) is 11.9 Å². The second-order valence-corrected chi connectivity index (χ2v) is 2.26. The van der Waals surface area contributed by atoms with Gasteiger partial charge in [0.2, 0.25) is 0 Å². The second-order valence-electron chi connectivity index (χ2n) is 2.26. The number of aromatic nitrogens is 3. The molecule has 0 aliphatic carbocycles. The molecule has 12 heavy (non-hydrogen) atoms. The van der Waals surface area contributed by atoms with Crippen LogP contribution in [0.5, 0.6) is 0 Å². The number of nitrogens with zero attached hydrogens (tertiary/aromatic N) is 3. The molecule has 0 amide bonds. The van der Waals surface area contributed by atoms with Gasteiger partial charge in [0.15, 0.2) is 0 Å². The quantitative estimate of drug-likeness (QED) is 0.556. The molecule has 0 radical (unpaired) electrons. The van der Waals surface area contributed by atoms with Crippen LogP contribution in [0, 0.1) is 0 Å². The fraction of sp³-hybridized carbons (Fsp3) is 0. The lowest BCUT2D eigenvalue weighted by Crippen LogP contribution is -2.04. The largest absolute Gasteiger partial charge is 0.270 e. The summed E-state index contributed by atoms with van der Waals surface area (Å²) in [6, 6.07) is 3.02. The summed E-state index contributed by atoms with van der Waals surface area (Å²) in [5.41, 5.74) is 0.928. The number of hydrogen-bond acceptors (Lipinski definition) is 4. The average Bonchev–Trinajstić information content (AvgIpc) is 2.28. The van der Waals surface area contributed by atoms with Gasteiger partial charge in [-0.25, -0.2) is 4.98 Å². The Hall–Kier alpha value is -1.84. The molecule has 0 aromatic carbocycles. The predicted molar refractivity (Wildman–Crippen MR) is 42.7 cm³/mol. The Balaban J connectivity index is 2.82. The van der Waals surface area contributed by atoms with Crippen molar-refractivity contribution in [2.24, 2.45) is 0 Å². The zero-order valence-corrected chi connectivity index (χ0v) is 6.14. The Kier molecular flexibility index (Phi) is 1.51. The zero-order chi connectivity index (χ0) is 8.39. The highest BCUT2D eigenvalue weighted by atomic mass is 16.1. The molecule has 0 aromatic heterocycles. The van der Waals surface area contributed by atoms with Gasteiger partial charge in [0.25, 0.3) is 5.56 Å². The third-order valence-corrected chi connectivity index (χ3v) is 1.44. The van der Waals surface area contributed by atoms with Crippen molar-refractivity contribution in [3.05, 3.63) is 41.1 Å². The van der Waals surface area contributed by atoms with E-state index in [9.17, 15) is 4.79 Å². The molecule has 0 N–H and O–H groups in total. The molecule has 0 unspecified atom stereocenters. The molecule has 0 fully saturated rings. The summed E-state index contributed by atoms with van der Waals surface area (Å²) < 4.78 is 0. The second kappa shape index (κ2) is 2.65. The molecular formula is C8H5N3O. The number of hydrogen-bond donors (Lipinski definition) is 0. The summed E-state index contributed by atoms with van der Waals surface area (Å²) in [6.07, 6.45) is 4.63. The highest BCUT2D eigenvalue weighted by Gasteiger charge is 2.00. The summed E-state index contributed by atoms with van der Waals surface area (Å²) in [5.74, 6) is 0. The lowest BCUT2D eigenvalue weighted by molar-refractivity contribution is 1.19. The van der Waals surface area contributed by atoms with Gasteiger partial charge in [-0.3, -0.25) is 14.8 Å². The lowest BCUT2D eigenvalue weighted by Gasteiger charge is -1.92. The third-order valence-electron chi connectivity index (χ3n) is 1.44. The molecule has 2 aliphatic rings. The first-order chi connectivity index (χ1) is 5.86. The first-order valence-corrected chi connectivity index (χ1v) is 3.43. The summed E-state index contributed by atoms with van der Waals surface area (Å²) in [7, 11) is 0. The van der Waals surface area contributed by atoms with Crippen LogP contribution in [0.25, 0.3) is 11.4 Å². The molecule has 0 atom stereocenters. The molecule has 0 bridgehead atoms. The Morgan fingerprint density at radius 2 is 2.00 bits per heavy atom. The Labute approximate surface area is 68.3 Å². The molecule has 2 heterocycles. The van der Waals surface area contributed by atoms with Crippen molar-refractivity contribution < 1.29 is 0 Å². The summed E-state index contributed by atoms with van der Waals surface area (Å²) >= 11 is 0. The first kappa shape index (κ1) is 6.84. The molecular weight excluding hydrogens is 154 g/mol. The number of pyridine rings is 1. The first-order valence-electron chi connectivity index (χ1n) is 3.43. The van der Waals surface area contributed by atoms with Gasteiger partial charge in [-0.05, 0) is 6.07 Å². The van der Waals surface area contributed by atoms with Crippen LogP contribution in [0.15, 0.2) is 35.5 Å². The van der Waals surface area contributed by atoms with Gasteiger partial charge < -0.3 is 0 Å². The standard InChI is InChI=1S/C8H5N3O/c12-8-2-1-6-7(11-8)5-9-3-4-10-6/h1-5H. The van der Waals surface area contributed by atoms with Crippen LogP contribution in [0.2, 0.25) is 0 Å². The van der Waals surface area contributed by atoms with E-state index >= 15 is 0 Å². The van der Waals surface area contributed by atoms with E-state index in [1.807, 2.05) is 0 Å². The molecule has 58 valence electrons. The smallest absolute Gasteiger partial charge is 0.267 e.